The summed E-state index contributed by atoms with van der Waals surface area (Å²) in [5.41, 5.74) is 7.54. The molecule has 170 valence electrons. The van der Waals surface area contributed by atoms with Gasteiger partial charge in [0.1, 0.15) is 0 Å². The first-order chi connectivity index (χ1) is 16.6. The zero-order valence-electron chi connectivity index (χ0n) is 18.6. The Labute approximate surface area is 203 Å². The van der Waals surface area contributed by atoms with Crippen LogP contribution < -0.4 is 5.32 Å². The van der Waals surface area contributed by atoms with Crippen molar-refractivity contribution < 1.29 is 9.90 Å². The largest absolute Gasteiger partial charge is 0.392 e. The molecule has 0 bridgehead atoms. The Bertz CT molecular complexity index is 1340. The van der Waals surface area contributed by atoms with Gasteiger partial charge in [0.15, 0.2) is 5.82 Å². The van der Waals surface area contributed by atoms with E-state index in [0.29, 0.717) is 17.3 Å². The van der Waals surface area contributed by atoms with Gasteiger partial charge in [-0.2, -0.15) is 0 Å². The molecule has 0 unspecified atom stereocenters. The topological polar surface area (TPSA) is 75.1 Å². The van der Waals surface area contributed by atoms with Crippen molar-refractivity contribution in [3.05, 3.63) is 111 Å². The first-order valence-electron chi connectivity index (χ1n) is 11.3. The van der Waals surface area contributed by atoms with Gasteiger partial charge < -0.3 is 10.4 Å². The smallest absolute Gasteiger partial charge is 0.229 e. The van der Waals surface area contributed by atoms with Crippen molar-refractivity contribution in [1.29, 1.82) is 0 Å². The maximum Gasteiger partial charge on any atom is 0.229 e. The third-order valence-corrected chi connectivity index (χ3v) is 6.28. The highest BCUT2D eigenvalue weighted by atomic mass is 35.5. The fraction of sp³-hybridized carbons (Fsp3) is 0.179. The molecular weight excluding hydrogens is 446 g/mol. The van der Waals surface area contributed by atoms with E-state index in [0.717, 1.165) is 52.2 Å². The molecule has 1 aliphatic rings. The number of rotatable bonds is 6. The summed E-state index contributed by atoms with van der Waals surface area (Å²) in [7, 11) is 0. The Kier molecular flexibility index (Phi) is 6.39. The first kappa shape index (κ1) is 22.3. The summed E-state index contributed by atoms with van der Waals surface area (Å²) in [6.45, 7) is 0.0175. The molecule has 6 heteroatoms. The zero-order chi connectivity index (χ0) is 23.5. The number of aliphatic hydroxyl groups is 1. The van der Waals surface area contributed by atoms with Crippen LogP contribution in [0, 0.1) is 0 Å². The first-order valence-corrected chi connectivity index (χ1v) is 11.7. The molecule has 0 saturated heterocycles. The van der Waals surface area contributed by atoms with Crippen LogP contribution in [0.5, 0.6) is 0 Å². The summed E-state index contributed by atoms with van der Waals surface area (Å²) in [6.07, 6.45) is 2.34. The molecule has 34 heavy (non-hydrogen) atoms. The normalized spacial score (nSPS) is 12.1. The van der Waals surface area contributed by atoms with Gasteiger partial charge in [0.2, 0.25) is 5.91 Å². The number of halogens is 1. The number of carbonyl (C=O) groups is 1. The van der Waals surface area contributed by atoms with Crippen molar-refractivity contribution in [3.63, 3.8) is 0 Å². The van der Waals surface area contributed by atoms with E-state index in [2.05, 4.69) is 5.32 Å². The second-order valence-corrected chi connectivity index (χ2v) is 8.91. The minimum atomic E-state index is -0.144. The Morgan fingerprint density at radius 3 is 2.44 bits per heavy atom. The molecule has 0 spiro atoms. The summed E-state index contributed by atoms with van der Waals surface area (Å²) in [6, 6.07) is 23.3. The molecule has 1 aliphatic carbocycles. The van der Waals surface area contributed by atoms with Gasteiger partial charge in [0.25, 0.3) is 0 Å². The number of benzene rings is 3. The van der Waals surface area contributed by atoms with E-state index < -0.39 is 0 Å². The predicted molar refractivity (Wildman–Crippen MR) is 134 cm³/mol. The van der Waals surface area contributed by atoms with Gasteiger partial charge in [-0.3, -0.25) is 4.79 Å². The van der Waals surface area contributed by atoms with Crippen molar-refractivity contribution in [2.45, 2.75) is 32.3 Å². The monoisotopic (exact) mass is 469 g/mol. The van der Waals surface area contributed by atoms with E-state index in [-0.39, 0.29) is 18.9 Å². The van der Waals surface area contributed by atoms with Gasteiger partial charge in [-0.25, -0.2) is 9.97 Å². The van der Waals surface area contributed by atoms with E-state index in [1.807, 2.05) is 60.7 Å². The molecule has 1 heterocycles. The van der Waals surface area contributed by atoms with Crippen molar-refractivity contribution in [2.24, 2.45) is 0 Å². The number of aryl methyl sites for hydroxylation is 2. The maximum atomic E-state index is 12.9. The summed E-state index contributed by atoms with van der Waals surface area (Å²) in [4.78, 5) is 22.8. The number of carbonyl (C=O) groups excluding carboxylic acids is 1. The quantitative estimate of drug-likeness (QED) is 0.409. The van der Waals surface area contributed by atoms with E-state index in [9.17, 15) is 9.90 Å². The Morgan fingerprint density at radius 2 is 1.68 bits per heavy atom. The molecule has 5 nitrogen and oxygen atoms in total. The Balaban J connectivity index is 1.50. The summed E-state index contributed by atoms with van der Waals surface area (Å²) in [5, 5.41) is 13.2. The summed E-state index contributed by atoms with van der Waals surface area (Å²) in [5.74, 6) is 0.367. The number of hydrogen-bond donors (Lipinski definition) is 2. The van der Waals surface area contributed by atoms with Crippen molar-refractivity contribution >= 4 is 23.3 Å². The number of amides is 1. The molecule has 1 aromatic heterocycles. The molecule has 0 saturated carbocycles. The third-order valence-electron chi connectivity index (χ3n) is 6.03. The third kappa shape index (κ3) is 4.86. The lowest BCUT2D eigenvalue weighted by Crippen LogP contribution is -2.20. The maximum absolute atomic E-state index is 12.9. The molecule has 1 amide bonds. The van der Waals surface area contributed by atoms with Crippen LogP contribution in [-0.4, -0.2) is 21.0 Å². The molecule has 3 aromatic carbocycles. The number of nitrogens with one attached hydrogen (secondary N) is 1. The van der Waals surface area contributed by atoms with Crippen molar-refractivity contribution in [1.82, 2.24) is 9.97 Å². The van der Waals surface area contributed by atoms with Gasteiger partial charge in [-0.1, -0.05) is 72.3 Å². The lowest BCUT2D eigenvalue weighted by Gasteiger charge is -2.21. The van der Waals surface area contributed by atoms with Crippen LogP contribution >= 0.6 is 11.6 Å². The van der Waals surface area contributed by atoms with Crippen molar-refractivity contribution in [3.8, 4) is 11.3 Å². The second-order valence-electron chi connectivity index (χ2n) is 8.48. The highest BCUT2D eigenvalue weighted by molar-refractivity contribution is 6.30. The fourth-order valence-corrected chi connectivity index (χ4v) is 4.43. The molecule has 0 fully saturated rings. The van der Waals surface area contributed by atoms with E-state index in [1.165, 1.54) is 5.56 Å². The number of fused-ring (bicyclic) bond motifs is 3. The number of anilines is 1. The molecule has 2 N–H and O–H groups in total. The number of nitrogens with zero attached hydrogens (tertiary/aromatic N) is 2. The van der Waals surface area contributed by atoms with Gasteiger partial charge in [-0.15, -0.1) is 0 Å². The van der Waals surface area contributed by atoms with Crippen LogP contribution in [0.15, 0.2) is 72.8 Å². The molecule has 4 aromatic rings. The van der Waals surface area contributed by atoms with Crippen molar-refractivity contribution in [2.75, 3.05) is 5.32 Å². The average Bonchev–Trinajstić information content (AvgIpc) is 2.86. The molecule has 5 rings (SSSR count). The molecule has 0 aliphatic heterocycles. The van der Waals surface area contributed by atoms with Crippen LogP contribution in [0.4, 0.5) is 5.82 Å². The standard InChI is InChI=1S/C28H24ClN3O2/c29-22-10-6-19(7-11-22)16-26(34)32-28-25(15-18-4-2-1-3-5-18)30-27-23-12-8-20(17-33)14-21(23)9-13-24(27)31-28/h1-8,10-12,14,33H,9,13,15-17H2,(H,31,32,34). The zero-order valence-corrected chi connectivity index (χ0v) is 19.3. The summed E-state index contributed by atoms with van der Waals surface area (Å²) >= 11 is 5.96. The van der Waals surface area contributed by atoms with Gasteiger partial charge in [0, 0.05) is 17.0 Å². The minimum Gasteiger partial charge on any atom is -0.392 e. The number of aliphatic hydroxyl groups excluding tert-OH is 1. The van der Waals surface area contributed by atoms with E-state index in [4.69, 9.17) is 21.6 Å². The second kappa shape index (κ2) is 9.75. The van der Waals surface area contributed by atoms with Crippen LogP contribution in [0.3, 0.4) is 0 Å². The minimum absolute atomic E-state index is 0.0175. The SMILES string of the molecule is O=C(Cc1ccc(Cl)cc1)Nc1nc2c(nc1Cc1ccccc1)-c1ccc(CO)cc1CC2. The van der Waals surface area contributed by atoms with Crippen LogP contribution in [0.2, 0.25) is 5.02 Å². The van der Waals surface area contributed by atoms with E-state index >= 15 is 0 Å². The highest BCUT2D eigenvalue weighted by Crippen LogP contribution is 2.34. The molecule has 0 atom stereocenters. The van der Waals surface area contributed by atoms with Crippen LogP contribution in [-0.2, 0) is 37.1 Å². The van der Waals surface area contributed by atoms with Gasteiger partial charge in [-0.05, 0) is 47.2 Å². The van der Waals surface area contributed by atoms with Crippen LogP contribution in [0.1, 0.15) is 33.6 Å². The van der Waals surface area contributed by atoms with Gasteiger partial charge in [0.05, 0.1) is 30.1 Å². The molecule has 0 radical (unpaired) electrons. The van der Waals surface area contributed by atoms with E-state index in [1.54, 1.807) is 12.1 Å². The van der Waals surface area contributed by atoms with Gasteiger partial charge >= 0.3 is 0 Å². The Morgan fingerprint density at radius 1 is 0.912 bits per heavy atom. The lowest BCUT2D eigenvalue weighted by atomic mass is 9.90. The Hall–Kier alpha value is -3.54. The fourth-order valence-electron chi connectivity index (χ4n) is 4.31. The number of aromatic nitrogens is 2. The lowest BCUT2D eigenvalue weighted by molar-refractivity contribution is -0.115. The van der Waals surface area contributed by atoms with Crippen LogP contribution in [0.25, 0.3) is 11.3 Å². The average molecular weight is 470 g/mol. The highest BCUT2D eigenvalue weighted by Gasteiger charge is 2.23. The predicted octanol–water partition coefficient (Wildman–Crippen LogP) is 5.16. The number of hydrogen-bond acceptors (Lipinski definition) is 4. The molecular formula is C28H24ClN3O2. The summed E-state index contributed by atoms with van der Waals surface area (Å²) < 4.78 is 0.